The van der Waals surface area contributed by atoms with Crippen LogP contribution in [0, 0.1) is 6.92 Å². The molecule has 26 heavy (non-hydrogen) atoms. The average Bonchev–Trinajstić information content (AvgIpc) is 2.57. The van der Waals surface area contributed by atoms with Gasteiger partial charge in [-0.3, -0.25) is 4.98 Å². The molecular formula is C18H22N2O5S. The molecule has 0 aliphatic heterocycles. The normalized spacial score (nSPS) is 11.2. The highest BCUT2D eigenvalue weighted by atomic mass is 32.2. The highest BCUT2D eigenvalue weighted by Crippen LogP contribution is 2.37. The maximum atomic E-state index is 12.2. The van der Waals surface area contributed by atoms with Gasteiger partial charge in [-0.2, -0.15) is 0 Å². The quantitative estimate of drug-likeness (QED) is 0.677. The Morgan fingerprint density at radius 2 is 2.04 bits per heavy atom. The zero-order valence-corrected chi connectivity index (χ0v) is 15.8. The van der Waals surface area contributed by atoms with E-state index in [1.54, 1.807) is 12.1 Å². The largest absolute Gasteiger partial charge is 0.478 e. The number of nitrogens with one attached hydrogen (secondary N) is 1. The number of unbranched alkanes of at least 4 members (excludes halogenated alkanes) is 1. The summed E-state index contributed by atoms with van der Waals surface area (Å²) >= 11 is 0. The Kier molecular flexibility index (Phi) is 6.20. The van der Waals surface area contributed by atoms with Gasteiger partial charge in [0, 0.05) is 18.5 Å². The predicted octanol–water partition coefficient (Wildman–Crippen LogP) is 3.50. The predicted molar refractivity (Wildman–Crippen MR) is 99.0 cm³/mol. The summed E-state index contributed by atoms with van der Waals surface area (Å²) in [5.41, 5.74) is 0.987. The fraction of sp³-hybridized carbons (Fsp3) is 0.333. The van der Waals surface area contributed by atoms with Crippen molar-refractivity contribution < 1.29 is 23.1 Å². The van der Waals surface area contributed by atoms with Crippen LogP contribution in [0.1, 0.15) is 35.8 Å². The van der Waals surface area contributed by atoms with E-state index in [0.717, 1.165) is 30.9 Å². The van der Waals surface area contributed by atoms with Gasteiger partial charge in [0.25, 0.3) is 0 Å². The number of carbonyl (C=O) groups is 1. The number of pyridine rings is 1. The number of aromatic nitrogens is 1. The molecule has 2 aromatic rings. The number of hydrogen-bond acceptors (Lipinski definition) is 6. The third-order valence-electron chi connectivity index (χ3n) is 3.65. The van der Waals surface area contributed by atoms with Crippen LogP contribution in [-0.2, 0) is 9.84 Å². The fourth-order valence-electron chi connectivity index (χ4n) is 2.27. The van der Waals surface area contributed by atoms with Gasteiger partial charge in [-0.1, -0.05) is 13.3 Å². The van der Waals surface area contributed by atoms with Crippen LogP contribution >= 0.6 is 0 Å². The van der Waals surface area contributed by atoms with E-state index < -0.39 is 15.8 Å². The summed E-state index contributed by atoms with van der Waals surface area (Å²) in [5.74, 6) is -0.779. The van der Waals surface area contributed by atoms with E-state index in [-0.39, 0.29) is 16.2 Å². The maximum absolute atomic E-state index is 12.2. The van der Waals surface area contributed by atoms with E-state index in [0.29, 0.717) is 18.0 Å². The summed E-state index contributed by atoms with van der Waals surface area (Å²) in [5, 5.41) is 12.4. The van der Waals surface area contributed by atoms with Crippen LogP contribution in [0.25, 0.3) is 0 Å². The second-order valence-electron chi connectivity index (χ2n) is 5.95. The van der Waals surface area contributed by atoms with E-state index in [2.05, 4.69) is 10.3 Å². The second-order valence-corrected chi connectivity index (χ2v) is 7.93. The van der Waals surface area contributed by atoms with E-state index in [1.165, 1.54) is 12.3 Å². The summed E-state index contributed by atoms with van der Waals surface area (Å²) in [4.78, 5) is 15.3. The molecule has 7 nitrogen and oxygen atoms in total. The van der Waals surface area contributed by atoms with Gasteiger partial charge in [0.15, 0.2) is 15.6 Å². The van der Waals surface area contributed by atoms with E-state index in [4.69, 9.17) is 4.74 Å². The van der Waals surface area contributed by atoms with Crippen molar-refractivity contribution in [3.8, 4) is 11.5 Å². The van der Waals surface area contributed by atoms with Crippen molar-refractivity contribution in [1.82, 2.24) is 4.98 Å². The first-order valence-corrected chi connectivity index (χ1v) is 10.1. The number of anilines is 1. The lowest BCUT2D eigenvalue weighted by atomic mass is 10.1. The van der Waals surface area contributed by atoms with Crippen molar-refractivity contribution in [2.75, 3.05) is 18.1 Å². The number of carboxylic acid groups (broad SMARTS) is 1. The number of aromatic carboxylic acids is 1. The molecule has 0 atom stereocenters. The number of rotatable bonds is 8. The zero-order chi connectivity index (χ0) is 19.3. The third-order valence-corrected chi connectivity index (χ3v) is 4.75. The van der Waals surface area contributed by atoms with Crippen LogP contribution in [0.4, 0.5) is 5.69 Å². The second kappa shape index (κ2) is 8.18. The van der Waals surface area contributed by atoms with E-state index >= 15 is 0 Å². The lowest BCUT2D eigenvalue weighted by molar-refractivity contribution is 0.0696. The minimum atomic E-state index is -3.72. The summed E-state index contributed by atoms with van der Waals surface area (Å²) in [6, 6.07) is 5.91. The van der Waals surface area contributed by atoms with Crippen LogP contribution in [0.5, 0.6) is 11.5 Å². The zero-order valence-electron chi connectivity index (χ0n) is 14.9. The molecule has 0 radical (unpaired) electrons. The molecule has 0 bridgehead atoms. The molecule has 1 aromatic carbocycles. The maximum Gasteiger partial charge on any atom is 0.335 e. The number of nitrogens with zero attached hydrogens (tertiary/aromatic N) is 1. The SMILES string of the molecule is CCCCNc1cc(C(=O)O)cc(S(C)(=O)=O)c1Oc1ccc(C)nc1. The Labute approximate surface area is 153 Å². The summed E-state index contributed by atoms with van der Waals surface area (Å²) < 4.78 is 30.3. The lowest BCUT2D eigenvalue weighted by Crippen LogP contribution is -2.10. The van der Waals surface area contributed by atoms with Gasteiger partial charge in [-0.15, -0.1) is 0 Å². The van der Waals surface area contributed by atoms with Gasteiger partial charge in [0.1, 0.15) is 10.6 Å². The van der Waals surface area contributed by atoms with Crippen molar-refractivity contribution in [1.29, 1.82) is 0 Å². The molecule has 1 aromatic heterocycles. The smallest absolute Gasteiger partial charge is 0.335 e. The molecule has 0 amide bonds. The first-order chi connectivity index (χ1) is 12.2. The van der Waals surface area contributed by atoms with Crippen LogP contribution in [0.2, 0.25) is 0 Å². The molecule has 2 N–H and O–H groups in total. The van der Waals surface area contributed by atoms with E-state index in [9.17, 15) is 18.3 Å². The topological polar surface area (TPSA) is 106 Å². The Morgan fingerprint density at radius 1 is 1.31 bits per heavy atom. The highest BCUT2D eigenvalue weighted by Gasteiger charge is 2.23. The highest BCUT2D eigenvalue weighted by molar-refractivity contribution is 7.90. The molecule has 0 aliphatic carbocycles. The fourth-order valence-corrected chi connectivity index (χ4v) is 3.10. The van der Waals surface area contributed by atoms with Crippen molar-refractivity contribution in [2.45, 2.75) is 31.6 Å². The number of hydrogen-bond donors (Lipinski definition) is 2. The van der Waals surface area contributed by atoms with Crippen LogP contribution in [0.15, 0.2) is 35.4 Å². The molecule has 1 heterocycles. The molecule has 0 unspecified atom stereocenters. The molecule has 0 fully saturated rings. The van der Waals surface area contributed by atoms with Gasteiger partial charge >= 0.3 is 5.97 Å². The number of sulfone groups is 1. The molecule has 140 valence electrons. The molecule has 0 saturated heterocycles. The van der Waals surface area contributed by atoms with Crippen LogP contribution in [0.3, 0.4) is 0 Å². The Balaban J connectivity index is 2.59. The summed E-state index contributed by atoms with van der Waals surface area (Å²) in [7, 11) is -3.72. The van der Waals surface area contributed by atoms with Gasteiger partial charge in [0.05, 0.1) is 17.4 Å². The van der Waals surface area contributed by atoms with Gasteiger partial charge in [0.2, 0.25) is 0 Å². The standard InChI is InChI=1S/C18H22N2O5S/c1-4-5-8-19-15-9-13(18(21)22)10-16(26(3,23)24)17(15)25-14-7-6-12(2)20-11-14/h6-7,9-11,19H,4-5,8H2,1-3H3,(H,21,22). The van der Waals surface area contributed by atoms with Crippen molar-refractivity contribution in [3.05, 3.63) is 41.7 Å². The number of aryl methyl sites for hydroxylation is 1. The molecule has 2 rings (SSSR count). The van der Waals surface area contributed by atoms with Crippen molar-refractivity contribution in [3.63, 3.8) is 0 Å². The van der Waals surface area contributed by atoms with E-state index in [1.807, 2.05) is 13.8 Å². The minimum Gasteiger partial charge on any atom is -0.478 e. The van der Waals surface area contributed by atoms with Gasteiger partial charge < -0.3 is 15.2 Å². The first kappa shape index (κ1) is 19.7. The van der Waals surface area contributed by atoms with Gasteiger partial charge in [-0.05, 0) is 37.6 Å². The van der Waals surface area contributed by atoms with Crippen LogP contribution in [-0.4, -0.2) is 37.3 Å². The van der Waals surface area contributed by atoms with Crippen LogP contribution < -0.4 is 10.1 Å². The monoisotopic (exact) mass is 378 g/mol. The Morgan fingerprint density at radius 3 is 2.58 bits per heavy atom. The molecule has 0 aliphatic rings. The number of carboxylic acids is 1. The van der Waals surface area contributed by atoms with Crippen molar-refractivity contribution in [2.24, 2.45) is 0 Å². The lowest BCUT2D eigenvalue weighted by Gasteiger charge is -2.17. The molecule has 0 spiro atoms. The van der Waals surface area contributed by atoms with Crippen molar-refractivity contribution >= 4 is 21.5 Å². The number of ether oxygens (including phenoxy) is 1. The Bertz CT molecular complexity index is 893. The Hall–Kier alpha value is -2.61. The molecular weight excluding hydrogens is 356 g/mol. The molecule has 8 heteroatoms. The van der Waals surface area contributed by atoms with Gasteiger partial charge in [-0.25, -0.2) is 13.2 Å². The minimum absolute atomic E-state index is 0.0688. The number of benzene rings is 1. The average molecular weight is 378 g/mol. The first-order valence-electron chi connectivity index (χ1n) is 8.18. The third kappa shape index (κ3) is 4.95. The summed E-state index contributed by atoms with van der Waals surface area (Å²) in [6.45, 7) is 4.41. The molecule has 0 saturated carbocycles. The summed E-state index contributed by atoms with van der Waals surface area (Å²) in [6.07, 6.45) is 4.28.